The molecule has 1 aliphatic carbocycles. The van der Waals surface area contributed by atoms with Gasteiger partial charge in [0.25, 0.3) is 0 Å². The van der Waals surface area contributed by atoms with E-state index < -0.39 is 11.7 Å². The number of fused-ring (bicyclic) bond motifs is 2. The number of aryl methyl sites for hydroxylation is 2. The predicted molar refractivity (Wildman–Crippen MR) is 101 cm³/mol. The second-order valence-electron chi connectivity index (χ2n) is 6.65. The Balaban J connectivity index is 1.55. The van der Waals surface area contributed by atoms with E-state index in [1.165, 1.54) is 21.9 Å². The smallest absolute Gasteiger partial charge is 0.293 e. The number of benzene rings is 1. The standard InChI is InChI=1S/C19H15ClF3N3OS/c20-15-8-14(19(21,22)23)9-26-17(15)24-25-18(26)28-10-16(27)13-6-5-11-3-1-2-4-12(11)7-13/h5-9H,1-4,10H2. The Hall–Kier alpha value is -2.06. The summed E-state index contributed by atoms with van der Waals surface area (Å²) in [7, 11) is 0. The minimum absolute atomic E-state index is 0.0491. The zero-order chi connectivity index (χ0) is 19.9. The lowest BCUT2D eigenvalue weighted by molar-refractivity contribution is -0.137. The summed E-state index contributed by atoms with van der Waals surface area (Å²) in [5.41, 5.74) is 2.33. The number of carbonyl (C=O) groups is 1. The number of aromatic nitrogens is 3. The van der Waals surface area contributed by atoms with Gasteiger partial charge in [-0.05, 0) is 48.9 Å². The fourth-order valence-electron chi connectivity index (χ4n) is 3.31. The SMILES string of the molecule is O=C(CSc1nnc2c(Cl)cc(C(F)(F)F)cn12)c1ccc2c(c1)CCCC2. The van der Waals surface area contributed by atoms with Crippen molar-refractivity contribution in [1.29, 1.82) is 0 Å². The molecular formula is C19H15ClF3N3OS. The number of hydrogen-bond acceptors (Lipinski definition) is 4. The number of rotatable bonds is 4. The highest BCUT2D eigenvalue weighted by Gasteiger charge is 2.32. The fraction of sp³-hybridized carbons (Fsp3) is 0.316. The molecule has 0 fully saturated rings. The average Bonchev–Trinajstić information content (AvgIpc) is 3.08. The minimum atomic E-state index is -4.54. The van der Waals surface area contributed by atoms with Gasteiger partial charge in [0.15, 0.2) is 16.6 Å². The molecule has 0 unspecified atom stereocenters. The van der Waals surface area contributed by atoms with Crippen molar-refractivity contribution in [3.8, 4) is 0 Å². The van der Waals surface area contributed by atoms with Gasteiger partial charge >= 0.3 is 6.18 Å². The van der Waals surface area contributed by atoms with Gasteiger partial charge in [0.05, 0.1) is 16.3 Å². The third kappa shape index (κ3) is 3.75. The zero-order valence-electron chi connectivity index (χ0n) is 14.6. The lowest BCUT2D eigenvalue weighted by atomic mass is 9.90. The van der Waals surface area contributed by atoms with Crippen LogP contribution in [-0.2, 0) is 19.0 Å². The van der Waals surface area contributed by atoms with E-state index in [-0.39, 0.29) is 27.4 Å². The summed E-state index contributed by atoms with van der Waals surface area (Å²) in [6.45, 7) is 0. The molecule has 0 saturated carbocycles. The first-order valence-corrected chi connectivity index (χ1v) is 10.1. The molecule has 1 aromatic carbocycles. The predicted octanol–water partition coefficient (Wildman–Crippen LogP) is 5.26. The van der Waals surface area contributed by atoms with Crippen LogP contribution in [0.25, 0.3) is 5.65 Å². The summed E-state index contributed by atoms with van der Waals surface area (Å²) in [5, 5.41) is 7.76. The van der Waals surface area contributed by atoms with E-state index >= 15 is 0 Å². The van der Waals surface area contributed by atoms with Gasteiger partial charge in [-0.1, -0.05) is 35.5 Å². The van der Waals surface area contributed by atoms with Crippen LogP contribution in [0, 0.1) is 0 Å². The second kappa shape index (κ2) is 7.40. The largest absolute Gasteiger partial charge is 0.417 e. The third-order valence-corrected chi connectivity index (χ3v) is 5.98. The molecule has 2 aromatic heterocycles. The fourth-order valence-corrected chi connectivity index (χ4v) is 4.36. The van der Waals surface area contributed by atoms with Crippen LogP contribution in [0.1, 0.15) is 39.9 Å². The molecule has 0 spiro atoms. The normalized spacial score (nSPS) is 14.3. The summed E-state index contributed by atoms with van der Waals surface area (Å²) < 4.78 is 40.3. The monoisotopic (exact) mass is 425 g/mol. The molecule has 0 aliphatic heterocycles. The first-order chi connectivity index (χ1) is 13.3. The molecule has 0 atom stereocenters. The maximum Gasteiger partial charge on any atom is 0.417 e. The van der Waals surface area contributed by atoms with E-state index in [4.69, 9.17) is 11.6 Å². The summed E-state index contributed by atoms with van der Waals surface area (Å²) in [5.74, 6) is -0.0545. The van der Waals surface area contributed by atoms with Crippen molar-refractivity contribution in [2.75, 3.05) is 5.75 Å². The van der Waals surface area contributed by atoms with E-state index in [0.29, 0.717) is 5.56 Å². The lowest BCUT2D eigenvalue weighted by Gasteiger charge is -2.16. The molecule has 28 heavy (non-hydrogen) atoms. The van der Waals surface area contributed by atoms with Crippen LogP contribution in [0.5, 0.6) is 0 Å². The molecule has 4 nitrogen and oxygen atoms in total. The number of ketones is 1. The Labute approximate surface area is 168 Å². The van der Waals surface area contributed by atoms with Gasteiger partial charge in [0, 0.05) is 11.8 Å². The van der Waals surface area contributed by atoms with Gasteiger partial charge in [-0.2, -0.15) is 13.2 Å². The Morgan fingerprint density at radius 2 is 1.89 bits per heavy atom. The Morgan fingerprint density at radius 3 is 2.64 bits per heavy atom. The van der Waals surface area contributed by atoms with Crippen LogP contribution in [0.2, 0.25) is 5.02 Å². The Morgan fingerprint density at radius 1 is 1.14 bits per heavy atom. The Kier molecular flexibility index (Phi) is 5.09. The molecular weight excluding hydrogens is 411 g/mol. The van der Waals surface area contributed by atoms with Crippen LogP contribution in [0.4, 0.5) is 13.2 Å². The van der Waals surface area contributed by atoms with Gasteiger partial charge in [0.2, 0.25) is 0 Å². The number of carbonyl (C=O) groups excluding carboxylic acids is 1. The molecule has 9 heteroatoms. The van der Waals surface area contributed by atoms with E-state index in [9.17, 15) is 18.0 Å². The van der Waals surface area contributed by atoms with Crippen molar-refractivity contribution in [3.63, 3.8) is 0 Å². The van der Waals surface area contributed by atoms with Gasteiger partial charge in [0.1, 0.15) is 0 Å². The van der Waals surface area contributed by atoms with E-state index in [1.54, 1.807) is 0 Å². The van der Waals surface area contributed by atoms with Crippen molar-refractivity contribution in [2.45, 2.75) is 37.0 Å². The van der Waals surface area contributed by atoms with Gasteiger partial charge in [-0.25, -0.2) is 0 Å². The van der Waals surface area contributed by atoms with E-state index in [1.807, 2.05) is 18.2 Å². The van der Waals surface area contributed by atoms with Crippen molar-refractivity contribution < 1.29 is 18.0 Å². The Bertz CT molecular complexity index is 1060. The molecule has 0 bridgehead atoms. The number of alkyl halides is 3. The van der Waals surface area contributed by atoms with E-state index in [0.717, 1.165) is 43.3 Å². The third-order valence-electron chi connectivity index (χ3n) is 4.76. The number of pyridine rings is 1. The number of Topliss-reactive ketones (excluding diaryl/α,β-unsaturated/α-hetero) is 1. The highest BCUT2D eigenvalue weighted by molar-refractivity contribution is 7.99. The molecule has 0 saturated heterocycles. The number of halogens is 4. The molecule has 0 amide bonds. The number of hydrogen-bond donors (Lipinski definition) is 0. The molecule has 1 aliphatic rings. The van der Waals surface area contributed by atoms with Crippen LogP contribution < -0.4 is 0 Å². The van der Waals surface area contributed by atoms with Gasteiger partial charge in [-0.15, -0.1) is 10.2 Å². The van der Waals surface area contributed by atoms with Crippen molar-refractivity contribution in [1.82, 2.24) is 14.6 Å². The zero-order valence-corrected chi connectivity index (χ0v) is 16.2. The van der Waals surface area contributed by atoms with Crippen LogP contribution in [0.3, 0.4) is 0 Å². The quantitative estimate of drug-likeness (QED) is 0.423. The highest BCUT2D eigenvalue weighted by Crippen LogP contribution is 2.33. The molecule has 4 rings (SSSR count). The summed E-state index contributed by atoms with van der Waals surface area (Å²) in [4.78, 5) is 12.6. The summed E-state index contributed by atoms with van der Waals surface area (Å²) >= 11 is 6.95. The van der Waals surface area contributed by atoms with Gasteiger partial charge in [-0.3, -0.25) is 9.20 Å². The minimum Gasteiger partial charge on any atom is -0.293 e. The molecule has 0 N–H and O–H groups in total. The van der Waals surface area contributed by atoms with Crippen molar-refractivity contribution in [3.05, 3.63) is 57.7 Å². The second-order valence-corrected chi connectivity index (χ2v) is 8.00. The van der Waals surface area contributed by atoms with E-state index in [2.05, 4.69) is 10.2 Å². The summed E-state index contributed by atoms with van der Waals surface area (Å²) in [6.07, 6.45) is 0.644. The average molecular weight is 426 g/mol. The molecule has 0 radical (unpaired) electrons. The lowest BCUT2D eigenvalue weighted by Crippen LogP contribution is -2.08. The number of thioether (sulfide) groups is 1. The molecule has 146 valence electrons. The first kappa shape index (κ1) is 19.3. The van der Waals surface area contributed by atoms with Crippen molar-refractivity contribution in [2.24, 2.45) is 0 Å². The molecule has 3 aromatic rings. The maximum absolute atomic E-state index is 13.0. The highest BCUT2D eigenvalue weighted by atomic mass is 35.5. The van der Waals surface area contributed by atoms with Crippen LogP contribution >= 0.6 is 23.4 Å². The topological polar surface area (TPSA) is 47.3 Å². The molecule has 2 heterocycles. The van der Waals surface area contributed by atoms with Gasteiger partial charge < -0.3 is 0 Å². The van der Waals surface area contributed by atoms with Crippen LogP contribution in [-0.4, -0.2) is 26.1 Å². The maximum atomic E-state index is 13.0. The first-order valence-electron chi connectivity index (χ1n) is 8.72. The van der Waals surface area contributed by atoms with Crippen molar-refractivity contribution >= 4 is 34.8 Å². The van der Waals surface area contributed by atoms with Crippen LogP contribution in [0.15, 0.2) is 35.6 Å². The summed E-state index contributed by atoms with van der Waals surface area (Å²) in [6, 6.07) is 6.55. The number of nitrogens with zero attached hydrogens (tertiary/aromatic N) is 3.